The molecule has 0 N–H and O–H groups in total. The Labute approximate surface area is 241 Å². The predicted molar refractivity (Wildman–Crippen MR) is 168 cm³/mol. The molecular weight excluding hydrogens is 514 g/mol. The zero-order valence-electron chi connectivity index (χ0n) is 25.1. The lowest BCUT2D eigenvalue weighted by Crippen LogP contribution is -2.41. The van der Waals surface area contributed by atoms with Crippen LogP contribution in [0.25, 0.3) is 22.3 Å². The standard InChI is InChI=1S/C34H45NO4Si/c1-7-37-33(36)28-13-11-26(12-14-28)29-17-20-32(38-23-10-24-39-40(5,6)34(2,3)4)31(25-29)27-15-18-30(19-16-27)35-21-8-9-22-35/h11-20,25H,7-10,21-24H2,1-6H3. The lowest BCUT2D eigenvalue weighted by molar-refractivity contribution is 0.0526. The molecule has 4 rings (SSSR count). The average molecular weight is 560 g/mol. The largest absolute Gasteiger partial charge is 0.493 e. The van der Waals surface area contributed by atoms with Crippen LogP contribution >= 0.6 is 0 Å². The van der Waals surface area contributed by atoms with Crippen molar-refractivity contribution >= 4 is 20.0 Å². The van der Waals surface area contributed by atoms with Crippen molar-refractivity contribution in [2.75, 3.05) is 37.8 Å². The minimum absolute atomic E-state index is 0.201. The van der Waals surface area contributed by atoms with E-state index in [9.17, 15) is 4.79 Å². The summed E-state index contributed by atoms with van der Waals surface area (Å²) < 4.78 is 17.8. The van der Waals surface area contributed by atoms with Crippen molar-refractivity contribution in [2.45, 2.75) is 65.1 Å². The molecule has 0 aromatic heterocycles. The molecule has 0 aliphatic carbocycles. The van der Waals surface area contributed by atoms with E-state index in [2.05, 4.69) is 81.2 Å². The van der Waals surface area contributed by atoms with Gasteiger partial charge in [0.1, 0.15) is 5.75 Å². The first kappa shape index (κ1) is 29.9. The van der Waals surface area contributed by atoms with Crippen LogP contribution in [0.4, 0.5) is 5.69 Å². The van der Waals surface area contributed by atoms with Crippen molar-refractivity contribution < 1.29 is 18.7 Å². The van der Waals surface area contributed by atoms with E-state index in [0.29, 0.717) is 25.4 Å². The number of benzene rings is 3. The molecule has 1 saturated heterocycles. The van der Waals surface area contributed by atoms with Gasteiger partial charge in [-0.3, -0.25) is 0 Å². The third kappa shape index (κ3) is 7.35. The highest BCUT2D eigenvalue weighted by atomic mass is 28.4. The van der Waals surface area contributed by atoms with E-state index >= 15 is 0 Å². The molecule has 6 heteroatoms. The molecule has 3 aromatic rings. The summed E-state index contributed by atoms with van der Waals surface area (Å²) >= 11 is 0. The molecule has 0 unspecified atom stereocenters. The predicted octanol–water partition coefficient (Wildman–Crippen LogP) is 8.59. The number of hydrogen-bond donors (Lipinski definition) is 0. The molecule has 5 nitrogen and oxygen atoms in total. The number of carbonyl (C=O) groups is 1. The van der Waals surface area contributed by atoms with E-state index in [1.54, 1.807) is 0 Å². The zero-order chi connectivity index (χ0) is 28.8. The van der Waals surface area contributed by atoms with Crippen molar-refractivity contribution in [2.24, 2.45) is 0 Å². The maximum Gasteiger partial charge on any atom is 0.338 e. The number of esters is 1. The molecule has 1 aliphatic rings. The van der Waals surface area contributed by atoms with Gasteiger partial charge >= 0.3 is 5.97 Å². The summed E-state index contributed by atoms with van der Waals surface area (Å²) in [5.41, 5.74) is 6.13. The van der Waals surface area contributed by atoms with Crippen LogP contribution in [0.1, 0.15) is 57.3 Å². The molecule has 1 fully saturated rings. The van der Waals surface area contributed by atoms with Crippen molar-refractivity contribution in [3.8, 4) is 28.0 Å². The zero-order valence-corrected chi connectivity index (χ0v) is 26.1. The number of nitrogens with zero attached hydrogens (tertiary/aromatic N) is 1. The van der Waals surface area contributed by atoms with Gasteiger partial charge in [0.05, 0.1) is 18.8 Å². The first-order valence-electron chi connectivity index (χ1n) is 14.6. The highest BCUT2D eigenvalue weighted by molar-refractivity contribution is 6.74. The van der Waals surface area contributed by atoms with Gasteiger partial charge in [-0.05, 0) is 91.0 Å². The Hall–Kier alpha value is -3.09. The third-order valence-corrected chi connectivity index (χ3v) is 12.7. The summed E-state index contributed by atoms with van der Waals surface area (Å²) in [6, 6.07) is 22.8. The first-order valence-corrected chi connectivity index (χ1v) is 17.5. The summed E-state index contributed by atoms with van der Waals surface area (Å²) in [7, 11) is -1.76. The Balaban J connectivity index is 1.54. The fourth-order valence-electron chi connectivity index (χ4n) is 4.69. The summed E-state index contributed by atoms with van der Waals surface area (Å²) in [4.78, 5) is 14.6. The van der Waals surface area contributed by atoms with Gasteiger partial charge in [-0.2, -0.15) is 0 Å². The van der Waals surface area contributed by atoms with E-state index in [4.69, 9.17) is 13.9 Å². The molecule has 0 bridgehead atoms. The molecule has 0 spiro atoms. The van der Waals surface area contributed by atoms with Crippen LogP contribution in [0, 0.1) is 0 Å². The van der Waals surface area contributed by atoms with E-state index in [1.807, 2.05) is 31.2 Å². The van der Waals surface area contributed by atoms with Crippen LogP contribution in [0.15, 0.2) is 66.7 Å². The number of anilines is 1. The Morgan fingerprint density at radius 2 is 1.48 bits per heavy atom. The Morgan fingerprint density at radius 1 is 0.850 bits per heavy atom. The van der Waals surface area contributed by atoms with Gasteiger partial charge in [0.15, 0.2) is 8.32 Å². The molecule has 0 amide bonds. The Bertz CT molecular complexity index is 1260. The minimum Gasteiger partial charge on any atom is -0.493 e. The van der Waals surface area contributed by atoms with Crippen molar-refractivity contribution in [1.82, 2.24) is 0 Å². The second-order valence-corrected chi connectivity index (χ2v) is 16.9. The SMILES string of the molecule is CCOC(=O)c1ccc(-c2ccc(OCCCO[Si](C)(C)C(C)(C)C)c(-c3ccc(N4CCCC4)cc3)c2)cc1. The molecule has 1 aliphatic heterocycles. The van der Waals surface area contributed by atoms with E-state index in [-0.39, 0.29) is 11.0 Å². The highest BCUT2D eigenvalue weighted by Gasteiger charge is 2.36. The van der Waals surface area contributed by atoms with Gasteiger partial charge < -0.3 is 18.8 Å². The Kier molecular flexibility index (Phi) is 9.75. The van der Waals surface area contributed by atoms with E-state index in [1.165, 1.54) is 18.5 Å². The second kappa shape index (κ2) is 13.0. The van der Waals surface area contributed by atoms with Crippen LogP contribution in [-0.4, -0.2) is 47.2 Å². The smallest absolute Gasteiger partial charge is 0.338 e. The molecule has 0 radical (unpaired) electrons. The third-order valence-electron chi connectivity index (χ3n) is 8.17. The molecule has 214 valence electrons. The maximum absolute atomic E-state index is 12.1. The minimum atomic E-state index is -1.76. The van der Waals surface area contributed by atoms with E-state index in [0.717, 1.165) is 47.5 Å². The number of hydrogen-bond acceptors (Lipinski definition) is 5. The van der Waals surface area contributed by atoms with Gasteiger partial charge in [0.25, 0.3) is 0 Å². The summed E-state index contributed by atoms with van der Waals surface area (Å²) in [6.07, 6.45) is 3.36. The lowest BCUT2D eigenvalue weighted by Gasteiger charge is -2.36. The fraction of sp³-hybridized carbons (Fsp3) is 0.441. The highest BCUT2D eigenvalue weighted by Crippen LogP contribution is 2.37. The molecule has 0 saturated carbocycles. The molecular formula is C34H45NO4Si. The van der Waals surface area contributed by atoms with E-state index < -0.39 is 8.32 Å². The number of rotatable bonds is 11. The van der Waals surface area contributed by atoms with Crippen LogP contribution in [0.2, 0.25) is 18.1 Å². The van der Waals surface area contributed by atoms with Gasteiger partial charge in [0.2, 0.25) is 0 Å². The first-order chi connectivity index (χ1) is 19.1. The molecule has 0 atom stereocenters. The van der Waals surface area contributed by atoms with Crippen LogP contribution in [0.3, 0.4) is 0 Å². The Morgan fingerprint density at radius 3 is 2.10 bits per heavy atom. The number of ether oxygens (including phenoxy) is 2. The van der Waals surface area contributed by atoms with Crippen LogP contribution in [0.5, 0.6) is 5.75 Å². The summed E-state index contributed by atoms with van der Waals surface area (Å²) in [5.74, 6) is 0.572. The lowest BCUT2D eigenvalue weighted by atomic mass is 9.97. The maximum atomic E-state index is 12.1. The van der Waals surface area contributed by atoms with Gasteiger partial charge in [0, 0.05) is 37.4 Å². The fourth-order valence-corrected chi connectivity index (χ4v) is 5.77. The van der Waals surface area contributed by atoms with Gasteiger partial charge in [-0.1, -0.05) is 51.1 Å². The van der Waals surface area contributed by atoms with Crippen molar-refractivity contribution in [1.29, 1.82) is 0 Å². The van der Waals surface area contributed by atoms with Crippen LogP contribution < -0.4 is 9.64 Å². The molecule has 1 heterocycles. The second-order valence-electron chi connectivity index (χ2n) is 12.1. The van der Waals surface area contributed by atoms with Crippen molar-refractivity contribution in [3.63, 3.8) is 0 Å². The van der Waals surface area contributed by atoms with Gasteiger partial charge in [-0.15, -0.1) is 0 Å². The average Bonchev–Trinajstić information content (AvgIpc) is 3.48. The normalized spacial score (nSPS) is 13.9. The topological polar surface area (TPSA) is 48.0 Å². The monoisotopic (exact) mass is 559 g/mol. The summed E-state index contributed by atoms with van der Waals surface area (Å²) in [6.45, 7) is 17.1. The van der Waals surface area contributed by atoms with Gasteiger partial charge in [-0.25, -0.2) is 4.79 Å². The quantitative estimate of drug-likeness (QED) is 0.134. The molecule has 40 heavy (non-hydrogen) atoms. The van der Waals surface area contributed by atoms with Crippen LogP contribution in [-0.2, 0) is 9.16 Å². The van der Waals surface area contributed by atoms with Crippen molar-refractivity contribution in [3.05, 3.63) is 72.3 Å². The number of carbonyl (C=O) groups excluding carboxylic acids is 1. The summed E-state index contributed by atoms with van der Waals surface area (Å²) in [5, 5.41) is 0.201. The molecule has 3 aromatic carbocycles.